The first kappa shape index (κ1) is 49.3. The number of hydrazine groups is 1. The molecule has 6 bridgehead atoms. The number of sulfonamides is 1. The standard InChI is InChI=1S/C50H65N7O9S/c1-10-56-42-17-16-33-26-38(42)39(45(56)37-14-12-19-51-43(37)31(5)65-9)27-50(6,7)29-66-49(62)40-15-13-20-57(53-40)48(61)41(24-32-22-35(33)25-36(58)23-32)52-46(59)44(30(3)4)54(8)47(60)34-18-21-55(28-34)67(63,64)11-2/h11-12,14,16-17,19,22-23,25-26,30-31,34,40-41,44,53,58H,2,10,13,15,18,20-21,24,27-29H2,1,3-9H3,(H,52,59)/t31-,34-,40-,41-,44?/m0/s1. The lowest BCUT2D eigenvalue weighted by Crippen LogP contribution is -2.62. The molecule has 4 aromatic rings. The highest BCUT2D eigenvalue weighted by Gasteiger charge is 2.41. The average molecular weight is 940 g/mol. The summed E-state index contributed by atoms with van der Waals surface area (Å²) in [6, 6.07) is 12.3. The first-order valence-corrected chi connectivity index (χ1v) is 24.7. The van der Waals surface area contributed by atoms with E-state index in [9.17, 15) is 32.7 Å². The SMILES string of the molecule is C=CS(=O)(=O)N1CC[C@H](C(=O)N(C)C(C(=O)N[C@H]2Cc3cc(O)cc(c3)-c3ccc4c(c3)c(c(-c3cccnc3[C@H](C)OC)n4CC)CC(C)(C)COC(=O)[C@@H]3CCCN(N3)C2=O)C(C)C)C1. The molecule has 1 unspecified atom stereocenters. The lowest BCUT2D eigenvalue weighted by Gasteiger charge is -2.37. The van der Waals surface area contributed by atoms with Gasteiger partial charge >= 0.3 is 5.97 Å². The molecule has 5 heterocycles. The number of rotatable bonds is 11. The second-order valence-electron chi connectivity index (χ2n) is 19.2. The fourth-order valence-electron chi connectivity index (χ4n) is 9.94. The second kappa shape index (κ2) is 19.9. The molecule has 67 heavy (non-hydrogen) atoms. The van der Waals surface area contributed by atoms with Crippen molar-refractivity contribution in [2.45, 2.75) is 104 Å². The molecule has 2 aromatic carbocycles. The summed E-state index contributed by atoms with van der Waals surface area (Å²) in [5.74, 6) is -3.09. The predicted molar refractivity (Wildman–Crippen MR) is 256 cm³/mol. The van der Waals surface area contributed by atoms with E-state index in [2.05, 4.69) is 60.9 Å². The van der Waals surface area contributed by atoms with E-state index in [4.69, 9.17) is 14.5 Å². The van der Waals surface area contributed by atoms with Gasteiger partial charge in [0, 0.05) is 80.2 Å². The Hall–Kier alpha value is -5.62. The number of methoxy groups -OCH3 is 1. The van der Waals surface area contributed by atoms with Gasteiger partial charge in [-0.25, -0.2) is 13.8 Å². The van der Waals surface area contributed by atoms with Gasteiger partial charge in [-0.15, -0.1) is 0 Å². The van der Waals surface area contributed by atoms with Gasteiger partial charge in [0.15, 0.2) is 0 Å². The largest absolute Gasteiger partial charge is 0.508 e. The molecule has 0 saturated carbocycles. The maximum atomic E-state index is 14.7. The van der Waals surface area contributed by atoms with Crippen molar-refractivity contribution < 1.29 is 42.2 Å². The molecule has 0 aliphatic carbocycles. The van der Waals surface area contributed by atoms with Gasteiger partial charge in [-0.2, -0.15) is 4.31 Å². The number of phenolic OH excluding ortho intramolecular Hbond substituents is 1. The molecule has 7 rings (SSSR count). The van der Waals surface area contributed by atoms with Crippen LogP contribution >= 0.6 is 0 Å². The lowest BCUT2D eigenvalue weighted by atomic mass is 9.84. The summed E-state index contributed by atoms with van der Waals surface area (Å²) in [4.78, 5) is 63.2. The summed E-state index contributed by atoms with van der Waals surface area (Å²) in [5.41, 5.74) is 9.37. The molecule has 0 spiro atoms. The van der Waals surface area contributed by atoms with Crippen LogP contribution in [-0.2, 0) is 58.1 Å². The maximum Gasteiger partial charge on any atom is 0.324 e. The zero-order valence-electron chi connectivity index (χ0n) is 39.9. The van der Waals surface area contributed by atoms with Gasteiger partial charge in [-0.1, -0.05) is 46.4 Å². The molecule has 360 valence electrons. The van der Waals surface area contributed by atoms with E-state index in [1.54, 1.807) is 39.3 Å². The van der Waals surface area contributed by atoms with Crippen LogP contribution in [0, 0.1) is 17.3 Å². The van der Waals surface area contributed by atoms with E-state index in [1.807, 2.05) is 25.1 Å². The lowest BCUT2D eigenvalue weighted by molar-refractivity contribution is -0.155. The van der Waals surface area contributed by atoms with Gasteiger partial charge in [0.1, 0.15) is 23.9 Å². The molecule has 3 aliphatic rings. The van der Waals surface area contributed by atoms with Crippen molar-refractivity contribution in [3.05, 3.63) is 83.5 Å². The van der Waals surface area contributed by atoms with Gasteiger partial charge in [-0.3, -0.25) is 29.2 Å². The Morgan fingerprint density at radius 1 is 1.10 bits per heavy atom. The average Bonchev–Trinajstić information content (AvgIpc) is 3.93. The summed E-state index contributed by atoms with van der Waals surface area (Å²) in [6.07, 6.45) is 3.15. The first-order chi connectivity index (χ1) is 31.8. The predicted octanol–water partition coefficient (Wildman–Crippen LogP) is 5.73. The highest BCUT2D eigenvalue weighted by molar-refractivity contribution is 7.92. The van der Waals surface area contributed by atoms with Gasteiger partial charge in [0.05, 0.1) is 30.0 Å². The number of cyclic esters (lactones) is 1. The third-order valence-corrected chi connectivity index (χ3v) is 14.9. The number of nitrogens with one attached hydrogen (secondary N) is 2. The van der Waals surface area contributed by atoms with Crippen molar-refractivity contribution in [3.8, 4) is 28.1 Å². The highest BCUT2D eigenvalue weighted by atomic mass is 32.2. The molecule has 3 N–H and O–H groups in total. The third kappa shape index (κ3) is 10.3. The van der Waals surface area contributed by atoms with Crippen molar-refractivity contribution in [1.29, 1.82) is 0 Å². The van der Waals surface area contributed by atoms with Crippen molar-refractivity contribution >= 4 is 44.6 Å². The number of ether oxygens (including phenoxy) is 2. The Labute approximate surface area is 393 Å². The Kier molecular flexibility index (Phi) is 14.7. The summed E-state index contributed by atoms with van der Waals surface area (Å²) in [5, 5.41) is 17.5. The number of fused-ring (bicyclic) bond motifs is 6. The fourth-order valence-corrected chi connectivity index (χ4v) is 10.9. The number of aryl methyl sites for hydroxylation is 1. The third-order valence-electron chi connectivity index (χ3n) is 13.4. The molecule has 17 heteroatoms. The number of aromatic nitrogens is 2. The fraction of sp³-hybridized carbons (Fsp3) is 0.500. The number of hydrogen-bond donors (Lipinski definition) is 3. The minimum atomic E-state index is -3.73. The maximum absolute atomic E-state index is 14.7. The monoisotopic (exact) mass is 939 g/mol. The zero-order valence-corrected chi connectivity index (χ0v) is 40.7. The van der Waals surface area contributed by atoms with E-state index in [0.29, 0.717) is 36.9 Å². The minimum Gasteiger partial charge on any atom is -0.508 e. The second-order valence-corrected chi connectivity index (χ2v) is 21.1. The molecule has 0 radical (unpaired) electrons. The van der Waals surface area contributed by atoms with E-state index >= 15 is 0 Å². The van der Waals surface area contributed by atoms with Crippen LogP contribution in [0.25, 0.3) is 33.3 Å². The van der Waals surface area contributed by atoms with Crippen molar-refractivity contribution in [1.82, 2.24) is 34.5 Å². The molecular formula is C50H65N7O9S. The summed E-state index contributed by atoms with van der Waals surface area (Å²) >= 11 is 0. The number of aromatic hydroxyl groups is 1. The highest BCUT2D eigenvalue weighted by Crippen LogP contribution is 2.42. The van der Waals surface area contributed by atoms with Gasteiger partial charge < -0.3 is 29.4 Å². The number of esters is 1. The van der Waals surface area contributed by atoms with Gasteiger partial charge in [-0.05, 0) is 104 Å². The van der Waals surface area contributed by atoms with Crippen molar-refractivity contribution in [2.24, 2.45) is 17.3 Å². The summed E-state index contributed by atoms with van der Waals surface area (Å²) in [7, 11) is -0.551. The number of carbonyl (C=O) groups is 4. The Morgan fingerprint density at radius 3 is 2.57 bits per heavy atom. The first-order valence-electron chi connectivity index (χ1n) is 23.2. The van der Waals surface area contributed by atoms with Crippen LogP contribution < -0.4 is 10.7 Å². The number of pyridine rings is 1. The van der Waals surface area contributed by atoms with E-state index < -0.39 is 69.1 Å². The van der Waals surface area contributed by atoms with E-state index in [0.717, 1.165) is 44.4 Å². The van der Waals surface area contributed by atoms with Crippen LogP contribution in [-0.4, -0.2) is 120 Å². The Bertz CT molecular complexity index is 2660. The number of carbonyl (C=O) groups excluding carboxylic acids is 4. The number of benzene rings is 2. The van der Waals surface area contributed by atoms with Crippen LogP contribution in [0.3, 0.4) is 0 Å². The number of likely N-dealkylation sites (N-methyl/N-ethyl adjacent to an activating group) is 1. The molecule has 16 nitrogen and oxygen atoms in total. The zero-order chi connectivity index (χ0) is 48.5. The van der Waals surface area contributed by atoms with Crippen LogP contribution in [0.1, 0.15) is 83.7 Å². The number of phenols is 1. The minimum absolute atomic E-state index is 0.0328. The van der Waals surface area contributed by atoms with Crippen molar-refractivity contribution in [2.75, 3.05) is 40.4 Å². The molecule has 2 fully saturated rings. The van der Waals surface area contributed by atoms with E-state index in [1.165, 1.54) is 21.3 Å². The summed E-state index contributed by atoms with van der Waals surface area (Å²) < 4.78 is 40.4. The smallest absolute Gasteiger partial charge is 0.324 e. The molecule has 3 amide bonds. The van der Waals surface area contributed by atoms with Crippen molar-refractivity contribution in [3.63, 3.8) is 0 Å². The van der Waals surface area contributed by atoms with Crippen LogP contribution in [0.15, 0.2) is 66.7 Å². The normalized spacial score (nSPS) is 21.4. The molecular weight excluding hydrogens is 875 g/mol. The van der Waals surface area contributed by atoms with Crippen LogP contribution in [0.2, 0.25) is 0 Å². The van der Waals surface area contributed by atoms with Crippen LogP contribution in [0.4, 0.5) is 0 Å². The molecule has 5 atom stereocenters. The number of nitrogens with zero attached hydrogens (tertiary/aromatic N) is 5. The van der Waals surface area contributed by atoms with E-state index in [-0.39, 0.29) is 50.9 Å². The topological polar surface area (TPSA) is 193 Å². The number of amides is 3. The van der Waals surface area contributed by atoms with Gasteiger partial charge in [0.2, 0.25) is 21.8 Å². The Balaban J connectivity index is 1.31. The molecule has 3 aliphatic heterocycles. The molecule has 2 aromatic heterocycles. The molecule has 2 saturated heterocycles. The van der Waals surface area contributed by atoms with Gasteiger partial charge in [0.25, 0.3) is 5.91 Å². The number of hydrogen-bond acceptors (Lipinski definition) is 11. The quantitative estimate of drug-likeness (QED) is 0.156. The van der Waals surface area contributed by atoms with Crippen LogP contribution in [0.5, 0.6) is 5.75 Å². The Morgan fingerprint density at radius 2 is 1.87 bits per heavy atom. The summed E-state index contributed by atoms with van der Waals surface area (Å²) in [6.45, 7) is 16.3.